The topological polar surface area (TPSA) is 77.2 Å². The Morgan fingerprint density at radius 3 is 2.29 bits per heavy atom. The van der Waals surface area contributed by atoms with Gasteiger partial charge in [0.2, 0.25) is 0 Å². The first kappa shape index (κ1) is 23.6. The normalized spacial score (nSPS) is 24.9. The molecule has 0 bridgehead atoms. The van der Waals surface area contributed by atoms with Crippen molar-refractivity contribution in [3.05, 3.63) is 41.6 Å². The smallest absolute Gasteiger partial charge is 0.315 e. The molecule has 3 atom stereocenters. The zero-order chi connectivity index (χ0) is 23.2. The number of nitrogens with zero attached hydrogens (tertiary/aromatic N) is 3. The first-order chi connectivity index (χ1) is 14.3. The van der Waals surface area contributed by atoms with Crippen molar-refractivity contribution in [1.82, 2.24) is 14.5 Å². The fraction of sp³-hybridized carbons (Fsp3) is 0.609. The van der Waals surface area contributed by atoms with E-state index < -0.39 is 32.0 Å². The summed E-state index contributed by atoms with van der Waals surface area (Å²) in [7, 11) is -2.15. The maximum atomic E-state index is 15.3. The Bertz CT molecular complexity index is 932. The Kier molecular flexibility index (Phi) is 6.19. The number of carboxylic acid groups (broad SMARTS) is 1. The molecule has 0 saturated heterocycles. The lowest BCUT2D eigenvalue weighted by Crippen LogP contribution is -2.52. The molecule has 0 spiro atoms. The molecule has 1 aliphatic rings. The highest BCUT2D eigenvalue weighted by atomic mass is 28.4. The summed E-state index contributed by atoms with van der Waals surface area (Å²) in [5.41, 5.74) is 0.942. The zero-order valence-electron chi connectivity index (χ0n) is 19.6. The van der Waals surface area contributed by atoms with Crippen LogP contribution in [0.15, 0.2) is 24.5 Å². The summed E-state index contributed by atoms with van der Waals surface area (Å²) in [5.74, 6) is -0.438. The molecular weight excluding hydrogens is 413 g/mol. The summed E-state index contributed by atoms with van der Waals surface area (Å²) >= 11 is 0. The summed E-state index contributed by atoms with van der Waals surface area (Å²) in [5, 5.41) is 10.0. The van der Waals surface area contributed by atoms with Crippen molar-refractivity contribution < 1.29 is 18.7 Å². The number of hydrogen-bond donors (Lipinski definition) is 1. The molecule has 1 saturated carbocycles. The number of hydrogen-bond acceptors (Lipinski definition) is 4. The standard InChI is InChI=1S/C23H34FN3O3Si/c1-15-8-9-16(2)27(15)20-14-25-19(13-26-20)23(21(28)29)11-10-18(17(24)12-23)30-31(6,7)22(3,4)5/h8-9,13-14,17-18H,10-12H2,1-7H3,(H,28,29)/t17-,18?,23-/m0/s1. The highest BCUT2D eigenvalue weighted by Gasteiger charge is 2.51. The Morgan fingerprint density at radius 1 is 1.23 bits per heavy atom. The minimum absolute atomic E-state index is 0.0376. The van der Waals surface area contributed by atoms with Crippen LogP contribution in [0.4, 0.5) is 4.39 Å². The summed E-state index contributed by atoms with van der Waals surface area (Å²) in [6.45, 7) is 14.5. The van der Waals surface area contributed by atoms with Crippen LogP contribution in [0.25, 0.3) is 5.82 Å². The van der Waals surface area contributed by atoms with Crippen molar-refractivity contribution in [3.63, 3.8) is 0 Å². The summed E-state index contributed by atoms with van der Waals surface area (Å²) in [6, 6.07) is 3.97. The Balaban J connectivity index is 1.85. The number of halogens is 1. The van der Waals surface area contributed by atoms with Crippen molar-refractivity contribution in [2.75, 3.05) is 0 Å². The molecule has 1 fully saturated rings. The largest absolute Gasteiger partial charge is 0.481 e. The van der Waals surface area contributed by atoms with E-state index in [-0.39, 0.29) is 17.9 Å². The van der Waals surface area contributed by atoms with Gasteiger partial charge in [-0.05, 0) is 57.0 Å². The van der Waals surface area contributed by atoms with E-state index >= 15 is 4.39 Å². The fourth-order valence-electron chi connectivity index (χ4n) is 4.07. The molecule has 1 aliphatic carbocycles. The van der Waals surface area contributed by atoms with Crippen LogP contribution in [0.1, 0.15) is 57.1 Å². The van der Waals surface area contributed by atoms with Gasteiger partial charge in [0.25, 0.3) is 0 Å². The first-order valence-corrected chi connectivity index (χ1v) is 13.7. The summed E-state index contributed by atoms with van der Waals surface area (Å²) < 4.78 is 23.5. The monoisotopic (exact) mass is 447 g/mol. The molecule has 1 unspecified atom stereocenters. The van der Waals surface area contributed by atoms with Gasteiger partial charge in [0.1, 0.15) is 11.6 Å². The molecule has 2 aromatic heterocycles. The van der Waals surface area contributed by atoms with Crippen LogP contribution in [0.5, 0.6) is 0 Å². The quantitative estimate of drug-likeness (QED) is 0.644. The lowest BCUT2D eigenvalue weighted by atomic mass is 9.70. The van der Waals surface area contributed by atoms with Gasteiger partial charge in [-0.1, -0.05) is 20.8 Å². The number of carboxylic acids is 1. The molecule has 8 heteroatoms. The predicted octanol–water partition coefficient (Wildman–Crippen LogP) is 5.12. The SMILES string of the molecule is Cc1ccc(C)n1-c1cnc([C@]2(C(=O)O)CCC(O[Si](C)(C)C(C)(C)C)[C@@H](F)C2)cn1. The first-order valence-electron chi connectivity index (χ1n) is 10.8. The minimum atomic E-state index is -2.15. The Labute approximate surface area is 185 Å². The molecule has 31 heavy (non-hydrogen) atoms. The van der Waals surface area contributed by atoms with Gasteiger partial charge in [-0.2, -0.15) is 0 Å². The zero-order valence-corrected chi connectivity index (χ0v) is 20.6. The second-order valence-corrected chi connectivity index (χ2v) is 15.0. The molecular formula is C23H34FN3O3Si. The second kappa shape index (κ2) is 8.13. The van der Waals surface area contributed by atoms with Gasteiger partial charge in [-0.15, -0.1) is 0 Å². The molecule has 3 rings (SSSR count). The van der Waals surface area contributed by atoms with E-state index in [0.29, 0.717) is 17.9 Å². The van der Waals surface area contributed by atoms with Gasteiger partial charge in [0.15, 0.2) is 14.1 Å². The molecule has 0 aromatic carbocycles. The minimum Gasteiger partial charge on any atom is -0.481 e. The summed E-state index contributed by atoms with van der Waals surface area (Å²) in [6.07, 6.45) is 1.59. The van der Waals surface area contributed by atoms with Crippen LogP contribution in [0.3, 0.4) is 0 Å². The fourth-order valence-corrected chi connectivity index (χ4v) is 5.45. The molecule has 0 aliphatic heterocycles. The Morgan fingerprint density at radius 2 is 1.84 bits per heavy atom. The molecule has 1 N–H and O–H groups in total. The van der Waals surface area contributed by atoms with E-state index in [9.17, 15) is 9.90 Å². The number of aryl methyl sites for hydroxylation is 2. The van der Waals surface area contributed by atoms with Crippen LogP contribution in [-0.2, 0) is 14.6 Å². The predicted molar refractivity (Wildman–Crippen MR) is 121 cm³/mol. The van der Waals surface area contributed by atoms with Crippen LogP contribution in [0.2, 0.25) is 18.1 Å². The van der Waals surface area contributed by atoms with Gasteiger partial charge in [-0.3, -0.25) is 9.78 Å². The number of aliphatic carboxylic acids is 1. The van der Waals surface area contributed by atoms with E-state index in [4.69, 9.17) is 4.43 Å². The van der Waals surface area contributed by atoms with Gasteiger partial charge in [0.05, 0.1) is 24.2 Å². The van der Waals surface area contributed by atoms with E-state index in [1.54, 1.807) is 6.20 Å². The number of carbonyl (C=O) groups is 1. The molecule has 0 amide bonds. The maximum Gasteiger partial charge on any atom is 0.315 e. The van der Waals surface area contributed by atoms with Gasteiger partial charge in [0, 0.05) is 17.8 Å². The average Bonchev–Trinajstić information content (AvgIpc) is 3.00. The van der Waals surface area contributed by atoms with Gasteiger partial charge < -0.3 is 14.1 Å². The highest BCUT2D eigenvalue weighted by molar-refractivity contribution is 6.74. The molecule has 2 heterocycles. The number of alkyl halides is 1. The summed E-state index contributed by atoms with van der Waals surface area (Å²) in [4.78, 5) is 21.2. The van der Waals surface area contributed by atoms with Crippen LogP contribution in [0, 0.1) is 13.8 Å². The van der Waals surface area contributed by atoms with E-state index in [0.717, 1.165) is 11.4 Å². The third-order valence-electron chi connectivity index (χ3n) is 7.09. The van der Waals surface area contributed by atoms with Crippen LogP contribution >= 0.6 is 0 Å². The van der Waals surface area contributed by atoms with Crippen molar-refractivity contribution >= 4 is 14.3 Å². The third kappa shape index (κ3) is 4.32. The number of rotatable bonds is 5. The van der Waals surface area contributed by atoms with Crippen molar-refractivity contribution in [1.29, 1.82) is 0 Å². The highest BCUT2D eigenvalue weighted by Crippen LogP contribution is 2.44. The molecule has 170 valence electrons. The van der Waals surface area contributed by atoms with Gasteiger partial charge >= 0.3 is 5.97 Å². The number of aromatic nitrogens is 3. The van der Waals surface area contributed by atoms with E-state index in [1.807, 2.05) is 30.5 Å². The third-order valence-corrected chi connectivity index (χ3v) is 11.6. The van der Waals surface area contributed by atoms with E-state index in [2.05, 4.69) is 43.8 Å². The average molecular weight is 448 g/mol. The molecule has 0 radical (unpaired) electrons. The maximum absolute atomic E-state index is 15.3. The van der Waals surface area contributed by atoms with E-state index in [1.165, 1.54) is 6.20 Å². The Hall–Kier alpha value is -2.06. The lowest BCUT2D eigenvalue weighted by Gasteiger charge is -2.44. The van der Waals surface area contributed by atoms with Crippen molar-refractivity contribution in [2.45, 2.75) is 89.7 Å². The van der Waals surface area contributed by atoms with Gasteiger partial charge in [-0.25, -0.2) is 9.37 Å². The van der Waals surface area contributed by atoms with Crippen molar-refractivity contribution in [3.8, 4) is 5.82 Å². The van der Waals surface area contributed by atoms with Crippen LogP contribution in [-0.4, -0.2) is 46.2 Å². The van der Waals surface area contributed by atoms with Crippen LogP contribution < -0.4 is 0 Å². The molecule has 2 aromatic rings. The molecule has 6 nitrogen and oxygen atoms in total. The second-order valence-electron chi connectivity index (χ2n) is 10.3. The van der Waals surface area contributed by atoms with Crippen molar-refractivity contribution in [2.24, 2.45) is 0 Å². The lowest BCUT2D eigenvalue weighted by molar-refractivity contribution is -0.148.